The topological polar surface area (TPSA) is 146 Å². The van der Waals surface area contributed by atoms with E-state index in [1.54, 1.807) is 0 Å². The van der Waals surface area contributed by atoms with Crippen LogP contribution >= 0.6 is 0 Å². The maximum Gasteiger partial charge on any atom is 0.404 e. The minimum Gasteiger partial charge on any atom is -0.465 e. The van der Waals surface area contributed by atoms with E-state index in [1.807, 2.05) is 44.2 Å². The summed E-state index contributed by atoms with van der Waals surface area (Å²) in [6.45, 7) is 3.67. The van der Waals surface area contributed by atoms with Crippen LogP contribution in [0.5, 0.6) is 11.5 Å². The van der Waals surface area contributed by atoms with Crippen LogP contribution < -0.4 is 14.8 Å². The molecular weight excluding hydrogens is 500 g/mol. The molecule has 204 valence electrons. The summed E-state index contributed by atoms with van der Waals surface area (Å²) in [5, 5.41) is 32.0. The molecule has 0 saturated carbocycles. The van der Waals surface area contributed by atoms with Gasteiger partial charge in [0.25, 0.3) is 0 Å². The second-order valence-electron chi connectivity index (χ2n) is 9.97. The lowest BCUT2D eigenvalue weighted by Crippen LogP contribution is -2.51. The Labute approximate surface area is 217 Å². The average Bonchev–Trinajstić information content (AvgIpc) is 3.31. The molecule has 1 amide bonds. The molecule has 10 nitrogen and oxygen atoms in total. The van der Waals surface area contributed by atoms with Crippen LogP contribution in [0.1, 0.15) is 38.7 Å². The normalized spacial score (nSPS) is 14.9. The standard InChI is InChI=1S/C26H36N2O8S/c1-26(2,12-6-7-13-29)17-28(37(33,34)20-10-11-23-24(15-20)36-18-35-23)16-22(30)21(27-25(31)32)14-19-8-4-3-5-9-19/h3-5,8-11,15,21-22,27,29-30H,6-7,12-14,16-18H2,1-2H3,(H,31,32)/t21-,22-/m0/s1. The maximum atomic E-state index is 13.8. The van der Waals surface area contributed by atoms with Crippen LogP contribution in [-0.2, 0) is 16.4 Å². The zero-order valence-electron chi connectivity index (χ0n) is 21.2. The Balaban J connectivity index is 1.89. The molecule has 0 aromatic heterocycles. The first-order chi connectivity index (χ1) is 17.5. The smallest absolute Gasteiger partial charge is 0.404 e. The summed E-state index contributed by atoms with van der Waals surface area (Å²) in [5.74, 6) is 0.765. The Morgan fingerprint density at radius 2 is 1.81 bits per heavy atom. The van der Waals surface area contributed by atoms with Crippen molar-refractivity contribution in [3.05, 3.63) is 54.1 Å². The molecule has 0 fully saturated rings. The molecule has 2 aromatic carbocycles. The number of hydrogen-bond donors (Lipinski definition) is 4. The van der Waals surface area contributed by atoms with E-state index in [0.717, 1.165) is 5.56 Å². The lowest BCUT2D eigenvalue weighted by molar-refractivity contribution is 0.0901. The zero-order chi connectivity index (χ0) is 27.1. The molecule has 4 N–H and O–H groups in total. The Kier molecular flexibility index (Phi) is 9.77. The van der Waals surface area contributed by atoms with Gasteiger partial charge in [-0.05, 0) is 42.4 Å². The maximum absolute atomic E-state index is 13.8. The molecule has 1 heterocycles. The third-order valence-electron chi connectivity index (χ3n) is 6.31. The summed E-state index contributed by atoms with van der Waals surface area (Å²) in [6, 6.07) is 12.5. The van der Waals surface area contributed by atoms with E-state index in [2.05, 4.69) is 5.32 Å². The molecule has 0 bridgehead atoms. The molecule has 0 saturated heterocycles. The van der Waals surface area contributed by atoms with Crippen LogP contribution in [0.3, 0.4) is 0 Å². The first-order valence-corrected chi connectivity index (χ1v) is 13.7. The van der Waals surface area contributed by atoms with Gasteiger partial charge in [-0.25, -0.2) is 13.2 Å². The van der Waals surface area contributed by atoms with Gasteiger partial charge in [-0.15, -0.1) is 0 Å². The Hall–Kier alpha value is -2.86. The summed E-state index contributed by atoms with van der Waals surface area (Å²) in [5.41, 5.74) is 0.322. The van der Waals surface area contributed by atoms with Crippen LogP contribution in [-0.4, -0.2) is 72.8 Å². The molecule has 2 atom stereocenters. The van der Waals surface area contributed by atoms with Crippen molar-refractivity contribution in [1.29, 1.82) is 0 Å². The van der Waals surface area contributed by atoms with Crippen LogP contribution in [0.25, 0.3) is 0 Å². The highest BCUT2D eigenvalue weighted by Gasteiger charge is 2.35. The SMILES string of the molecule is CC(C)(CCCCO)CN(C[C@H](O)[C@H](Cc1ccccc1)NC(=O)O)S(=O)(=O)c1ccc2c(c1)OCO2. The molecule has 0 unspecified atom stereocenters. The number of nitrogens with zero attached hydrogens (tertiary/aromatic N) is 1. The molecule has 1 aliphatic heterocycles. The Bertz CT molecular complexity index is 1140. The first kappa shape index (κ1) is 28.7. The predicted octanol–water partition coefficient (Wildman–Crippen LogP) is 2.83. The van der Waals surface area contributed by atoms with Gasteiger partial charge in [-0.1, -0.05) is 50.6 Å². The number of nitrogens with one attached hydrogen (secondary N) is 1. The number of aliphatic hydroxyl groups is 2. The van der Waals surface area contributed by atoms with Crippen molar-refractivity contribution in [1.82, 2.24) is 9.62 Å². The number of rotatable bonds is 14. The fourth-order valence-electron chi connectivity index (χ4n) is 4.35. The first-order valence-electron chi connectivity index (χ1n) is 12.2. The van der Waals surface area contributed by atoms with E-state index in [1.165, 1.54) is 22.5 Å². The number of benzene rings is 2. The number of sulfonamides is 1. The lowest BCUT2D eigenvalue weighted by atomic mass is 9.87. The average molecular weight is 537 g/mol. The summed E-state index contributed by atoms with van der Waals surface area (Å²) < 4.78 is 39.5. The summed E-state index contributed by atoms with van der Waals surface area (Å²) in [6.07, 6.45) is -0.490. The second-order valence-corrected chi connectivity index (χ2v) is 11.9. The number of aliphatic hydroxyl groups excluding tert-OH is 2. The molecule has 0 spiro atoms. The fraction of sp³-hybridized carbons (Fsp3) is 0.500. The quantitative estimate of drug-likeness (QED) is 0.270. The summed E-state index contributed by atoms with van der Waals surface area (Å²) in [7, 11) is -4.10. The summed E-state index contributed by atoms with van der Waals surface area (Å²) in [4.78, 5) is 11.5. The van der Waals surface area contributed by atoms with Gasteiger partial charge >= 0.3 is 6.09 Å². The molecule has 0 radical (unpaired) electrons. The van der Waals surface area contributed by atoms with E-state index in [0.29, 0.717) is 30.8 Å². The van der Waals surface area contributed by atoms with Crippen molar-refractivity contribution in [2.24, 2.45) is 5.41 Å². The van der Waals surface area contributed by atoms with Gasteiger partial charge in [0.15, 0.2) is 11.5 Å². The van der Waals surface area contributed by atoms with Gasteiger partial charge in [0.1, 0.15) is 0 Å². The highest BCUT2D eigenvalue weighted by molar-refractivity contribution is 7.89. The van der Waals surface area contributed by atoms with Crippen molar-refractivity contribution in [2.45, 2.75) is 56.6 Å². The molecule has 2 aromatic rings. The van der Waals surface area contributed by atoms with Crippen LogP contribution in [0.2, 0.25) is 0 Å². The third kappa shape index (κ3) is 8.06. The minimum absolute atomic E-state index is 0.00117. The molecule has 1 aliphatic rings. The number of amides is 1. The van der Waals surface area contributed by atoms with Crippen molar-refractivity contribution in [3.8, 4) is 11.5 Å². The fourth-order valence-corrected chi connectivity index (χ4v) is 6.01. The minimum atomic E-state index is -4.10. The highest BCUT2D eigenvalue weighted by atomic mass is 32.2. The number of ether oxygens (including phenoxy) is 2. The molecular formula is C26H36N2O8S. The largest absolute Gasteiger partial charge is 0.465 e. The highest BCUT2D eigenvalue weighted by Crippen LogP contribution is 2.35. The van der Waals surface area contributed by atoms with Gasteiger partial charge in [0.2, 0.25) is 16.8 Å². The monoisotopic (exact) mass is 536 g/mol. The van der Waals surface area contributed by atoms with Gasteiger partial charge in [0.05, 0.1) is 17.0 Å². The number of fused-ring (bicyclic) bond motifs is 1. The van der Waals surface area contributed by atoms with Gasteiger partial charge in [-0.2, -0.15) is 4.31 Å². The van der Waals surface area contributed by atoms with Gasteiger partial charge < -0.3 is 30.1 Å². The van der Waals surface area contributed by atoms with Crippen molar-refractivity contribution < 1.29 is 38.0 Å². The second kappa shape index (κ2) is 12.6. The molecule has 0 aliphatic carbocycles. The van der Waals surface area contributed by atoms with Crippen molar-refractivity contribution in [3.63, 3.8) is 0 Å². The van der Waals surface area contributed by atoms with Gasteiger partial charge in [0, 0.05) is 25.8 Å². The molecule has 37 heavy (non-hydrogen) atoms. The van der Waals surface area contributed by atoms with Crippen molar-refractivity contribution >= 4 is 16.1 Å². The Morgan fingerprint density at radius 1 is 1.11 bits per heavy atom. The molecule has 3 rings (SSSR count). The summed E-state index contributed by atoms with van der Waals surface area (Å²) >= 11 is 0. The Morgan fingerprint density at radius 3 is 2.49 bits per heavy atom. The lowest BCUT2D eigenvalue weighted by Gasteiger charge is -2.35. The predicted molar refractivity (Wildman–Crippen MR) is 137 cm³/mol. The third-order valence-corrected chi connectivity index (χ3v) is 8.12. The van der Waals surface area contributed by atoms with Crippen LogP contribution in [0.4, 0.5) is 4.79 Å². The number of hydrogen-bond acceptors (Lipinski definition) is 7. The number of carboxylic acid groups (broad SMARTS) is 1. The number of unbranched alkanes of at least 4 members (excludes halogenated alkanes) is 1. The van der Waals surface area contributed by atoms with Crippen molar-refractivity contribution in [2.75, 3.05) is 26.5 Å². The zero-order valence-corrected chi connectivity index (χ0v) is 22.0. The van der Waals surface area contributed by atoms with Gasteiger partial charge in [-0.3, -0.25) is 0 Å². The van der Waals surface area contributed by atoms with E-state index in [4.69, 9.17) is 14.6 Å². The van der Waals surface area contributed by atoms with Crippen LogP contribution in [0, 0.1) is 5.41 Å². The van der Waals surface area contributed by atoms with E-state index >= 15 is 0 Å². The van der Waals surface area contributed by atoms with E-state index in [9.17, 15) is 23.4 Å². The van der Waals surface area contributed by atoms with E-state index in [-0.39, 0.29) is 37.8 Å². The molecule has 11 heteroatoms. The van der Waals surface area contributed by atoms with Crippen LogP contribution in [0.15, 0.2) is 53.4 Å². The van der Waals surface area contributed by atoms with E-state index < -0.39 is 33.7 Å². The number of carbonyl (C=O) groups is 1.